The van der Waals surface area contributed by atoms with Gasteiger partial charge in [-0.25, -0.2) is 5.84 Å². The van der Waals surface area contributed by atoms with Crippen molar-refractivity contribution in [2.24, 2.45) is 12.9 Å². The number of pyridine rings is 1. The first-order chi connectivity index (χ1) is 8.58. The molecule has 0 saturated heterocycles. The van der Waals surface area contributed by atoms with Crippen LogP contribution in [0.3, 0.4) is 0 Å². The van der Waals surface area contributed by atoms with Crippen LogP contribution in [0.5, 0.6) is 0 Å². The molecule has 1 aromatic rings. The Bertz CT molecular complexity index is 536. The quantitative estimate of drug-likeness (QED) is 0.416. The fourth-order valence-electron chi connectivity index (χ4n) is 2.40. The summed E-state index contributed by atoms with van der Waals surface area (Å²) in [4.78, 5) is 25.9. The highest BCUT2D eigenvalue weighted by Crippen LogP contribution is 2.17. The Hall–Kier alpha value is -1.66. The minimum absolute atomic E-state index is 0.108. The van der Waals surface area contributed by atoms with Gasteiger partial charge in [-0.1, -0.05) is 6.92 Å². The lowest BCUT2D eigenvalue weighted by molar-refractivity contribution is 0.0951. The summed E-state index contributed by atoms with van der Waals surface area (Å²) in [6.07, 6.45) is 0.833. The zero-order valence-electron chi connectivity index (χ0n) is 10.7. The average molecular weight is 250 g/mol. The van der Waals surface area contributed by atoms with Gasteiger partial charge in [-0.05, 0) is 18.2 Å². The highest BCUT2D eigenvalue weighted by molar-refractivity contribution is 5.93. The van der Waals surface area contributed by atoms with Crippen molar-refractivity contribution in [3.05, 3.63) is 33.2 Å². The van der Waals surface area contributed by atoms with Gasteiger partial charge in [-0.15, -0.1) is 0 Å². The van der Waals surface area contributed by atoms with Crippen molar-refractivity contribution >= 4 is 5.91 Å². The van der Waals surface area contributed by atoms with Crippen molar-refractivity contribution < 1.29 is 4.79 Å². The van der Waals surface area contributed by atoms with Crippen molar-refractivity contribution in [2.75, 3.05) is 13.1 Å². The number of nitrogen functional groups attached to an aromatic ring is 1. The number of amides is 1. The van der Waals surface area contributed by atoms with E-state index in [2.05, 4.69) is 11.8 Å². The monoisotopic (exact) mass is 250 g/mol. The topological polar surface area (TPSA) is 80.4 Å². The molecule has 6 nitrogen and oxygen atoms in total. The summed E-state index contributed by atoms with van der Waals surface area (Å²) in [7, 11) is 1.70. The van der Waals surface area contributed by atoms with Crippen LogP contribution in [0.4, 0.5) is 0 Å². The van der Waals surface area contributed by atoms with E-state index in [1.54, 1.807) is 17.7 Å². The predicted molar refractivity (Wildman–Crippen MR) is 68.0 cm³/mol. The third-order valence-corrected chi connectivity index (χ3v) is 3.51. The Labute approximate surface area is 105 Å². The molecule has 3 N–H and O–H groups in total. The molecular weight excluding hydrogens is 232 g/mol. The molecule has 0 fully saturated rings. The molecule has 98 valence electrons. The summed E-state index contributed by atoms with van der Waals surface area (Å²) in [5.41, 5.74) is 3.88. The maximum Gasteiger partial charge on any atom is 0.270 e. The van der Waals surface area contributed by atoms with Crippen LogP contribution >= 0.6 is 0 Å². The van der Waals surface area contributed by atoms with Gasteiger partial charge in [0.25, 0.3) is 11.5 Å². The molecular formula is C12H18N4O2. The van der Waals surface area contributed by atoms with E-state index < -0.39 is 5.91 Å². The number of nitrogens with one attached hydrogen (secondary N) is 1. The van der Waals surface area contributed by atoms with E-state index in [1.165, 1.54) is 0 Å². The van der Waals surface area contributed by atoms with Crippen molar-refractivity contribution in [1.82, 2.24) is 14.9 Å². The highest BCUT2D eigenvalue weighted by atomic mass is 16.2. The summed E-state index contributed by atoms with van der Waals surface area (Å²) in [5.74, 6) is 4.56. The van der Waals surface area contributed by atoms with E-state index >= 15 is 0 Å². The second kappa shape index (κ2) is 4.91. The molecule has 0 bridgehead atoms. The molecule has 0 radical (unpaired) electrons. The second-order valence-corrected chi connectivity index (χ2v) is 4.49. The van der Waals surface area contributed by atoms with Crippen LogP contribution < -0.4 is 16.8 Å². The summed E-state index contributed by atoms with van der Waals surface area (Å²) in [6.45, 7) is 4.77. The fourth-order valence-corrected chi connectivity index (χ4v) is 2.40. The summed E-state index contributed by atoms with van der Waals surface area (Å²) in [5, 5.41) is 0. The zero-order valence-corrected chi connectivity index (χ0v) is 10.7. The van der Waals surface area contributed by atoms with E-state index in [0.717, 1.165) is 37.3 Å². The maximum absolute atomic E-state index is 12.0. The van der Waals surface area contributed by atoms with Crippen molar-refractivity contribution in [1.29, 1.82) is 0 Å². The Morgan fingerprint density at radius 3 is 2.89 bits per heavy atom. The van der Waals surface area contributed by atoms with Crippen LogP contribution in [0.2, 0.25) is 0 Å². The third kappa shape index (κ3) is 2.04. The number of likely N-dealkylation sites (N-methyl/N-ethyl adjacent to an activating group) is 1. The van der Waals surface area contributed by atoms with Gasteiger partial charge in [0.15, 0.2) is 0 Å². The van der Waals surface area contributed by atoms with E-state index in [9.17, 15) is 9.59 Å². The number of hydrogen-bond donors (Lipinski definition) is 2. The third-order valence-electron chi connectivity index (χ3n) is 3.51. The lowest BCUT2D eigenvalue weighted by Crippen LogP contribution is -2.40. The van der Waals surface area contributed by atoms with Crippen molar-refractivity contribution in [2.45, 2.75) is 19.9 Å². The van der Waals surface area contributed by atoms with E-state index in [1.807, 2.05) is 5.43 Å². The Morgan fingerprint density at radius 1 is 1.56 bits per heavy atom. The molecule has 1 aromatic heterocycles. The average Bonchev–Trinajstić information content (AvgIpc) is 2.41. The largest absolute Gasteiger partial charge is 0.315 e. The van der Waals surface area contributed by atoms with E-state index in [-0.39, 0.29) is 11.1 Å². The molecule has 0 saturated carbocycles. The van der Waals surface area contributed by atoms with Crippen LogP contribution in [-0.4, -0.2) is 28.5 Å². The standard InChI is InChI=1S/C12H18N4O2/c1-3-16-5-4-10-8(7-16)6-9(11(17)14-13)12(18)15(10)2/h6H,3-5,7,13H2,1-2H3,(H,14,17). The summed E-state index contributed by atoms with van der Waals surface area (Å²) in [6, 6.07) is 1.67. The minimum atomic E-state index is -0.535. The van der Waals surface area contributed by atoms with Gasteiger partial charge >= 0.3 is 0 Å². The van der Waals surface area contributed by atoms with Gasteiger partial charge in [-0.2, -0.15) is 0 Å². The minimum Gasteiger partial charge on any atom is -0.315 e. The first-order valence-electron chi connectivity index (χ1n) is 6.03. The molecule has 1 amide bonds. The Morgan fingerprint density at radius 2 is 2.28 bits per heavy atom. The second-order valence-electron chi connectivity index (χ2n) is 4.49. The number of carbonyl (C=O) groups is 1. The Balaban J connectivity index is 2.52. The summed E-state index contributed by atoms with van der Waals surface area (Å²) >= 11 is 0. The normalized spacial score (nSPS) is 15.3. The first-order valence-corrected chi connectivity index (χ1v) is 6.03. The molecule has 1 aliphatic heterocycles. The predicted octanol–water partition coefficient (Wildman–Crippen LogP) is -0.633. The SMILES string of the molecule is CCN1CCc2c(cc(C(=O)NN)c(=O)n2C)C1. The van der Waals surface area contributed by atoms with Crippen LogP contribution in [-0.2, 0) is 20.0 Å². The van der Waals surface area contributed by atoms with Gasteiger partial charge in [0.05, 0.1) is 0 Å². The van der Waals surface area contributed by atoms with Gasteiger partial charge in [0.2, 0.25) is 0 Å². The van der Waals surface area contributed by atoms with Crippen LogP contribution in [0, 0.1) is 0 Å². The molecule has 0 aromatic carbocycles. The molecule has 2 rings (SSSR count). The van der Waals surface area contributed by atoms with E-state index in [4.69, 9.17) is 5.84 Å². The number of aromatic nitrogens is 1. The smallest absolute Gasteiger partial charge is 0.270 e. The zero-order chi connectivity index (χ0) is 13.3. The maximum atomic E-state index is 12.0. The van der Waals surface area contributed by atoms with E-state index in [0.29, 0.717) is 0 Å². The molecule has 2 heterocycles. The van der Waals surface area contributed by atoms with Gasteiger partial charge < -0.3 is 4.57 Å². The van der Waals surface area contributed by atoms with Crippen LogP contribution in [0.15, 0.2) is 10.9 Å². The molecule has 18 heavy (non-hydrogen) atoms. The molecule has 0 atom stereocenters. The van der Waals surface area contributed by atoms with Gasteiger partial charge in [-0.3, -0.25) is 19.9 Å². The fraction of sp³-hybridized carbons (Fsp3) is 0.500. The number of hydrazine groups is 1. The Kier molecular flexibility index (Phi) is 3.49. The first kappa shape index (κ1) is 12.8. The highest BCUT2D eigenvalue weighted by Gasteiger charge is 2.21. The molecule has 0 aliphatic carbocycles. The molecule has 1 aliphatic rings. The number of nitrogens with zero attached hydrogens (tertiary/aromatic N) is 2. The number of nitrogens with two attached hydrogens (primary N) is 1. The number of rotatable bonds is 2. The van der Waals surface area contributed by atoms with Crippen molar-refractivity contribution in [3.63, 3.8) is 0 Å². The van der Waals surface area contributed by atoms with Gasteiger partial charge in [0.1, 0.15) is 5.56 Å². The number of carbonyl (C=O) groups excluding carboxylic acids is 1. The lowest BCUT2D eigenvalue weighted by atomic mass is 10.0. The lowest BCUT2D eigenvalue weighted by Gasteiger charge is -2.29. The molecule has 0 unspecified atom stereocenters. The summed E-state index contributed by atoms with van der Waals surface area (Å²) < 4.78 is 1.56. The van der Waals surface area contributed by atoms with Crippen LogP contribution in [0.1, 0.15) is 28.5 Å². The van der Waals surface area contributed by atoms with Crippen molar-refractivity contribution in [3.8, 4) is 0 Å². The number of hydrogen-bond acceptors (Lipinski definition) is 4. The molecule has 0 spiro atoms. The van der Waals surface area contributed by atoms with Gasteiger partial charge in [0, 0.05) is 32.3 Å². The number of fused-ring (bicyclic) bond motifs is 1. The van der Waals surface area contributed by atoms with Crippen LogP contribution in [0.25, 0.3) is 0 Å². The molecule has 6 heteroatoms.